The first-order chi connectivity index (χ1) is 12.7. The number of thiazole rings is 1. The Labute approximate surface area is 166 Å². The molecule has 0 saturated carbocycles. The number of nitrogens with zero attached hydrogens (tertiary/aromatic N) is 3. The standard InChI is InChI=1S/C20H22BrN3OS/c1-23-9-3-5-17(23)18-6-4-10-24(18)12-15-13-26-20(22-15)16-11-14(21)7-8-19(16)25-2/h3,5,7-9,11,13,18H,4,6,10,12H2,1-2H3. The van der Waals surface area contributed by atoms with E-state index < -0.39 is 0 Å². The minimum atomic E-state index is 0.487. The van der Waals surface area contributed by atoms with Gasteiger partial charge in [0, 0.05) is 35.3 Å². The van der Waals surface area contributed by atoms with Gasteiger partial charge >= 0.3 is 0 Å². The summed E-state index contributed by atoms with van der Waals surface area (Å²) < 4.78 is 8.78. The molecule has 4 nitrogen and oxygen atoms in total. The minimum absolute atomic E-state index is 0.487. The third-order valence-electron chi connectivity index (χ3n) is 5.00. The number of ether oxygens (including phenoxy) is 1. The fourth-order valence-electron chi connectivity index (χ4n) is 3.73. The Morgan fingerprint density at radius 3 is 3.00 bits per heavy atom. The molecule has 0 amide bonds. The summed E-state index contributed by atoms with van der Waals surface area (Å²) >= 11 is 5.23. The Kier molecular flexibility index (Phi) is 5.16. The molecule has 1 fully saturated rings. The van der Waals surface area contributed by atoms with Crippen LogP contribution >= 0.6 is 27.3 Å². The van der Waals surface area contributed by atoms with Crippen LogP contribution in [0.4, 0.5) is 0 Å². The number of rotatable bonds is 5. The van der Waals surface area contributed by atoms with Crippen LogP contribution in [0.3, 0.4) is 0 Å². The molecular weight excluding hydrogens is 410 g/mol. The maximum absolute atomic E-state index is 5.51. The van der Waals surface area contributed by atoms with Crippen molar-refractivity contribution < 1.29 is 4.74 Å². The highest BCUT2D eigenvalue weighted by atomic mass is 79.9. The topological polar surface area (TPSA) is 30.3 Å². The smallest absolute Gasteiger partial charge is 0.129 e. The first-order valence-electron chi connectivity index (χ1n) is 8.79. The van der Waals surface area contributed by atoms with Crippen LogP contribution in [-0.4, -0.2) is 28.1 Å². The molecule has 1 unspecified atom stereocenters. The Morgan fingerprint density at radius 2 is 2.23 bits per heavy atom. The van der Waals surface area contributed by atoms with Crippen molar-refractivity contribution in [1.29, 1.82) is 0 Å². The lowest BCUT2D eigenvalue weighted by Gasteiger charge is -2.24. The molecule has 0 aliphatic carbocycles. The zero-order valence-electron chi connectivity index (χ0n) is 15.0. The van der Waals surface area contributed by atoms with Crippen LogP contribution in [0.1, 0.15) is 30.3 Å². The lowest BCUT2D eigenvalue weighted by atomic mass is 10.1. The Hall–Kier alpha value is -1.63. The highest BCUT2D eigenvalue weighted by Gasteiger charge is 2.28. The molecule has 1 aliphatic heterocycles. The Bertz CT molecular complexity index is 904. The van der Waals surface area contributed by atoms with Crippen molar-refractivity contribution in [3.05, 3.63) is 57.8 Å². The molecule has 26 heavy (non-hydrogen) atoms. The van der Waals surface area contributed by atoms with E-state index in [4.69, 9.17) is 9.72 Å². The zero-order valence-corrected chi connectivity index (χ0v) is 17.4. The molecule has 1 aromatic carbocycles. The molecule has 0 bridgehead atoms. The van der Waals surface area contributed by atoms with Crippen molar-refractivity contribution in [2.75, 3.05) is 13.7 Å². The number of methoxy groups -OCH3 is 1. The number of aryl methyl sites for hydroxylation is 1. The van der Waals surface area contributed by atoms with Crippen LogP contribution in [0, 0.1) is 0 Å². The molecule has 2 aromatic heterocycles. The summed E-state index contributed by atoms with van der Waals surface area (Å²) in [7, 11) is 3.84. The Balaban J connectivity index is 1.56. The number of benzene rings is 1. The summed E-state index contributed by atoms with van der Waals surface area (Å²) in [5.74, 6) is 0.858. The largest absolute Gasteiger partial charge is 0.496 e. The summed E-state index contributed by atoms with van der Waals surface area (Å²) in [6, 6.07) is 10.9. The minimum Gasteiger partial charge on any atom is -0.496 e. The van der Waals surface area contributed by atoms with Gasteiger partial charge in [0.15, 0.2) is 0 Å². The maximum atomic E-state index is 5.51. The van der Waals surface area contributed by atoms with E-state index in [1.807, 2.05) is 12.1 Å². The molecule has 6 heteroatoms. The van der Waals surface area contributed by atoms with Crippen LogP contribution < -0.4 is 4.74 Å². The van der Waals surface area contributed by atoms with Gasteiger partial charge in [0.05, 0.1) is 24.4 Å². The van der Waals surface area contributed by atoms with Gasteiger partial charge < -0.3 is 9.30 Å². The van der Waals surface area contributed by atoms with Gasteiger partial charge in [-0.3, -0.25) is 4.90 Å². The van der Waals surface area contributed by atoms with Crippen molar-refractivity contribution in [2.45, 2.75) is 25.4 Å². The SMILES string of the molecule is COc1ccc(Br)cc1-c1nc(CN2CCCC2c2cccn2C)cs1. The van der Waals surface area contributed by atoms with E-state index in [9.17, 15) is 0 Å². The van der Waals surface area contributed by atoms with Gasteiger partial charge in [-0.15, -0.1) is 11.3 Å². The second-order valence-corrected chi connectivity index (χ2v) is 8.43. The molecular formula is C20H22BrN3OS. The van der Waals surface area contributed by atoms with E-state index in [0.29, 0.717) is 6.04 Å². The molecule has 0 spiro atoms. The fraction of sp³-hybridized carbons (Fsp3) is 0.350. The van der Waals surface area contributed by atoms with Gasteiger partial charge in [0.2, 0.25) is 0 Å². The lowest BCUT2D eigenvalue weighted by Crippen LogP contribution is -2.24. The zero-order chi connectivity index (χ0) is 18.1. The highest BCUT2D eigenvalue weighted by Crippen LogP contribution is 2.36. The van der Waals surface area contributed by atoms with Crippen molar-refractivity contribution in [2.24, 2.45) is 7.05 Å². The van der Waals surface area contributed by atoms with E-state index in [1.54, 1.807) is 18.4 Å². The van der Waals surface area contributed by atoms with E-state index >= 15 is 0 Å². The molecule has 0 N–H and O–H groups in total. The second-order valence-electron chi connectivity index (χ2n) is 6.66. The normalized spacial score (nSPS) is 17.7. The summed E-state index contributed by atoms with van der Waals surface area (Å²) in [5.41, 5.74) is 3.57. The van der Waals surface area contributed by atoms with Gasteiger partial charge in [-0.1, -0.05) is 15.9 Å². The summed E-state index contributed by atoms with van der Waals surface area (Å²) in [5, 5.41) is 3.18. The first-order valence-corrected chi connectivity index (χ1v) is 10.5. The van der Waals surface area contributed by atoms with E-state index in [1.165, 1.54) is 18.5 Å². The van der Waals surface area contributed by atoms with Gasteiger partial charge in [-0.2, -0.15) is 0 Å². The van der Waals surface area contributed by atoms with Crippen molar-refractivity contribution in [3.8, 4) is 16.3 Å². The molecule has 3 heterocycles. The molecule has 136 valence electrons. The van der Waals surface area contributed by atoms with Crippen LogP contribution in [0.5, 0.6) is 5.75 Å². The average molecular weight is 432 g/mol. The summed E-state index contributed by atoms with van der Waals surface area (Å²) in [6.45, 7) is 2.02. The maximum Gasteiger partial charge on any atom is 0.129 e. The van der Waals surface area contributed by atoms with Gasteiger partial charge in [-0.25, -0.2) is 4.98 Å². The van der Waals surface area contributed by atoms with E-state index in [2.05, 4.69) is 62.2 Å². The number of hydrogen-bond acceptors (Lipinski definition) is 4. The second kappa shape index (κ2) is 7.55. The van der Waals surface area contributed by atoms with E-state index in [0.717, 1.165) is 39.6 Å². The molecule has 0 radical (unpaired) electrons. The third kappa shape index (κ3) is 3.46. The molecule has 1 atom stereocenters. The predicted octanol–water partition coefficient (Wildman–Crippen LogP) is 5.26. The quantitative estimate of drug-likeness (QED) is 0.551. The summed E-state index contributed by atoms with van der Waals surface area (Å²) in [4.78, 5) is 7.45. The number of hydrogen-bond donors (Lipinski definition) is 0. The lowest BCUT2D eigenvalue weighted by molar-refractivity contribution is 0.239. The van der Waals surface area contributed by atoms with Gasteiger partial charge in [-0.05, 0) is 49.7 Å². The summed E-state index contributed by atoms with van der Waals surface area (Å²) in [6.07, 6.45) is 4.59. The molecule has 4 rings (SSSR count). The molecule has 3 aromatic rings. The highest BCUT2D eigenvalue weighted by molar-refractivity contribution is 9.10. The van der Waals surface area contributed by atoms with Crippen molar-refractivity contribution in [3.63, 3.8) is 0 Å². The van der Waals surface area contributed by atoms with Crippen molar-refractivity contribution in [1.82, 2.24) is 14.5 Å². The van der Waals surface area contributed by atoms with Gasteiger partial charge in [0.25, 0.3) is 0 Å². The third-order valence-corrected chi connectivity index (χ3v) is 6.42. The van der Waals surface area contributed by atoms with E-state index in [-0.39, 0.29) is 0 Å². The fourth-order valence-corrected chi connectivity index (χ4v) is 4.92. The predicted molar refractivity (Wildman–Crippen MR) is 110 cm³/mol. The van der Waals surface area contributed by atoms with Crippen LogP contribution in [-0.2, 0) is 13.6 Å². The molecule has 1 saturated heterocycles. The van der Waals surface area contributed by atoms with Crippen molar-refractivity contribution >= 4 is 27.3 Å². The number of aromatic nitrogens is 2. The van der Waals surface area contributed by atoms with Crippen LogP contribution in [0.15, 0.2) is 46.4 Å². The van der Waals surface area contributed by atoms with Crippen LogP contribution in [0.25, 0.3) is 10.6 Å². The Morgan fingerprint density at radius 1 is 1.35 bits per heavy atom. The monoisotopic (exact) mass is 431 g/mol. The average Bonchev–Trinajstić information content (AvgIpc) is 3.36. The number of halogens is 1. The molecule has 1 aliphatic rings. The number of likely N-dealkylation sites (tertiary alicyclic amines) is 1. The first kappa shape index (κ1) is 17.8. The van der Waals surface area contributed by atoms with Gasteiger partial charge in [0.1, 0.15) is 10.8 Å². The van der Waals surface area contributed by atoms with Crippen LogP contribution in [0.2, 0.25) is 0 Å².